The molecule has 0 saturated carbocycles. The van der Waals surface area contributed by atoms with E-state index in [4.69, 9.17) is 0 Å². The van der Waals surface area contributed by atoms with Crippen molar-refractivity contribution in [2.45, 2.75) is 6.92 Å². The van der Waals surface area contributed by atoms with Gasteiger partial charge in [0.25, 0.3) is 0 Å². The number of aromatic hydroxyl groups is 2. The molecule has 0 radical (unpaired) electrons. The van der Waals surface area contributed by atoms with Gasteiger partial charge in [0.05, 0.1) is 0 Å². The van der Waals surface area contributed by atoms with Crippen molar-refractivity contribution in [3.63, 3.8) is 0 Å². The normalized spacial score (nSPS) is 9.94. The summed E-state index contributed by atoms with van der Waals surface area (Å²) in [6.07, 6.45) is 1.88. The van der Waals surface area contributed by atoms with Gasteiger partial charge in [0.15, 0.2) is 0 Å². The average Bonchev–Trinajstić information content (AvgIpc) is 2.34. The molecule has 86 valence electrons. The highest BCUT2D eigenvalue weighted by molar-refractivity contribution is 5.84. The number of hydrogen-bond donors (Lipinski definition) is 2. The molecule has 0 bridgehead atoms. The third-order valence-electron chi connectivity index (χ3n) is 2.68. The van der Waals surface area contributed by atoms with Crippen LogP contribution in [0, 0.1) is 0 Å². The Hall–Kier alpha value is -2.22. The number of phenolic OH excluding ortho intramolecular Hbond substituents is 2. The van der Waals surface area contributed by atoms with E-state index in [9.17, 15) is 10.2 Å². The highest BCUT2D eigenvalue weighted by Crippen LogP contribution is 2.34. The summed E-state index contributed by atoms with van der Waals surface area (Å²) >= 11 is 0. The van der Waals surface area contributed by atoms with Crippen LogP contribution in [0.2, 0.25) is 0 Å². The van der Waals surface area contributed by atoms with Crippen molar-refractivity contribution in [3.05, 3.63) is 65.7 Å². The molecule has 2 aromatic rings. The highest BCUT2D eigenvalue weighted by Gasteiger charge is 2.11. The van der Waals surface area contributed by atoms with Crippen LogP contribution < -0.4 is 0 Å². The lowest BCUT2D eigenvalue weighted by Gasteiger charge is -2.11. The Morgan fingerprint density at radius 2 is 1.24 bits per heavy atom. The molecule has 2 nitrogen and oxygen atoms in total. The molecule has 0 fully saturated rings. The monoisotopic (exact) mass is 226 g/mol. The molecule has 0 aliphatic heterocycles. The Bertz CT molecular complexity index is 509. The van der Waals surface area contributed by atoms with Gasteiger partial charge in [-0.25, -0.2) is 0 Å². The molecule has 0 heterocycles. The maximum Gasteiger partial charge on any atom is 0.123 e. The first-order valence-corrected chi connectivity index (χ1v) is 5.47. The SMILES string of the molecule is CC=C(c1ccccc1O)c1ccccc1O. The minimum atomic E-state index is 0.212. The van der Waals surface area contributed by atoms with Gasteiger partial charge in [-0.1, -0.05) is 42.5 Å². The maximum absolute atomic E-state index is 9.84. The summed E-state index contributed by atoms with van der Waals surface area (Å²) in [6.45, 7) is 1.88. The van der Waals surface area contributed by atoms with Crippen LogP contribution in [0.25, 0.3) is 5.57 Å². The second-order valence-electron chi connectivity index (χ2n) is 3.74. The smallest absolute Gasteiger partial charge is 0.123 e. The number of para-hydroxylation sites is 2. The van der Waals surface area contributed by atoms with Crippen molar-refractivity contribution >= 4 is 5.57 Å². The van der Waals surface area contributed by atoms with Crippen LogP contribution >= 0.6 is 0 Å². The second-order valence-corrected chi connectivity index (χ2v) is 3.74. The fraction of sp³-hybridized carbons (Fsp3) is 0.0667. The number of allylic oxidation sites excluding steroid dienone is 1. The minimum Gasteiger partial charge on any atom is -0.507 e. The standard InChI is InChI=1S/C15H14O2/c1-2-11(12-7-3-5-9-14(12)16)13-8-4-6-10-15(13)17/h2-10,16-17H,1H3. The molecule has 0 amide bonds. The third kappa shape index (κ3) is 2.16. The van der Waals surface area contributed by atoms with Gasteiger partial charge in [-0.05, 0) is 24.6 Å². The molecular weight excluding hydrogens is 212 g/mol. The summed E-state index contributed by atoms with van der Waals surface area (Å²) in [4.78, 5) is 0. The maximum atomic E-state index is 9.84. The van der Waals surface area contributed by atoms with Crippen molar-refractivity contribution in [1.82, 2.24) is 0 Å². The molecule has 0 saturated heterocycles. The predicted molar refractivity (Wildman–Crippen MR) is 69.0 cm³/mol. The van der Waals surface area contributed by atoms with Crippen molar-refractivity contribution in [2.75, 3.05) is 0 Å². The fourth-order valence-electron chi connectivity index (χ4n) is 1.86. The third-order valence-corrected chi connectivity index (χ3v) is 2.68. The van der Waals surface area contributed by atoms with Crippen LogP contribution in [0.3, 0.4) is 0 Å². The summed E-state index contributed by atoms with van der Waals surface area (Å²) in [5, 5.41) is 19.7. The molecule has 0 atom stereocenters. The molecule has 2 heteroatoms. The zero-order valence-corrected chi connectivity index (χ0v) is 9.59. The predicted octanol–water partition coefficient (Wildman–Crippen LogP) is 3.55. The van der Waals surface area contributed by atoms with E-state index in [1.807, 2.05) is 37.3 Å². The van der Waals surface area contributed by atoms with Gasteiger partial charge >= 0.3 is 0 Å². The van der Waals surface area contributed by atoms with Crippen molar-refractivity contribution in [1.29, 1.82) is 0 Å². The van der Waals surface area contributed by atoms with Crippen molar-refractivity contribution < 1.29 is 10.2 Å². The Morgan fingerprint density at radius 3 is 1.59 bits per heavy atom. The Labute approximate surface area is 100 Å². The van der Waals surface area contributed by atoms with Crippen LogP contribution in [0.15, 0.2) is 54.6 Å². The molecule has 0 aliphatic rings. The topological polar surface area (TPSA) is 40.5 Å². The number of hydrogen-bond acceptors (Lipinski definition) is 2. The molecular formula is C15H14O2. The van der Waals surface area contributed by atoms with Crippen LogP contribution in [-0.2, 0) is 0 Å². The van der Waals surface area contributed by atoms with E-state index in [0.717, 1.165) is 16.7 Å². The molecule has 17 heavy (non-hydrogen) atoms. The summed E-state index contributed by atoms with van der Waals surface area (Å²) < 4.78 is 0. The average molecular weight is 226 g/mol. The summed E-state index contributed by atoms with van der Waals surface area (Å²) in [7, 11) is 0. The lowest BCUT2D eigenvalue weighted by molar-refractivity contribution is 0.471. The van der Waals surface area contributed by atoms with Gasteiger partial charge in [0.2, 0.25) is 0 Å². The van der Waals surface area contributed by atoms with Gasteiger partial charge in [-0.15, -0.1) is 0 Å². The molecule has 2 rings (SSSR count). The number of phenols is 2. The van der Waals surface area contributed by atoms with Crippen LogP contribution in [-0.4, -0.2) is 10.2 Å². The van der Waals surface area contributed by atoms with Gasteiger partial charge in [-0.3, -0.25) is 0 Å². The fourth-order valence-corrected chi connectivity index (χ4v) is 1.86. The molecule has 2 aromatic carbocycles. The Morgan fingerprint density at radius 1 is 0.824 bits per heavy atom. The zero-order valence-electron chi connectivity index (χ0n) is 9.59. The van der Waals surface area contributed by atoms with Gasteiger partial charge in [-0.2, -0.15) is 0 Å². The molecule has 2 N–H and O–H groups in total. The van der Waals surface area contributed by atoms with E-state index in [0.29, 0.717) is 0 Å². The second kappa shape index (κ2) is 4.74. The van der Waals surface area contributed by atoms with E-state index < -0.39 is 0 Å². The van der Waals surface area contributed by atoms with Crippen LogP contribution in [0.4, 0.5) is 0 Å². The quantitative estimate of drug-likeness (QED) is 0.822. The Balaban J connectivity index is 2.57. The molecule has 0 spiro atoms. The van der Waals surface area contributed by atoms with Crippen LogP contribution in [0.5, 0.6) is 11.5 Å². The van der Waals surface area contributed by atoms with Crippen molar-refractivity contribution in [3.8, 4) is 11.5 Å². The van der Waals surface area contributed by atoms with Gasteiger partial charge < -0.3 is 10.2 Å². The Kier molecular flexibility index (Phi) is 3.15. The summed E-state index contributed by atoms with van der Waals surface area (Å²) in [5.41, 5.74) is 2.26. The van der Waals surface area contributed by atoms with E-state index in [1.165, 1.54) is 0 Å². The lowest BCUT2D eigenvalue weighted by Crippen LogP contribution is -1.89. The van der Waals surface area contributed by atoms with Gasteiger partial charge in [0, 0.05) is 11.1 Å². The number of rotatable bonds is 2. The van der Waals surface area contributed by atoms with E-state index in [1.54, 1.807) is 24.3 Å². The first-order valence-electron chi connectivity index (χ1n) is 5.47. The first-order chi connectivity index (χ1) is 8.24. The number of benzene rings is 2. The first kappa shape index (κ1) is 11.3. The van der Waals surface area contributed by atoms with Crippen LogP contribution in [0.1, 0.15) is 18.1 Å². The molecule has 0 unspecified atom stereocenters. The summed E-state index contributed by atoms with van der Waals surface area (Å²) in [5.74, 6) is 0.424. The lowest BCUT2D eigenvalue weighted by atomic mass is 9.96. The zero-order chi connectivity index (χ0) is 12.3. The van der Waals surface area contributed by atoms with E-state index in [-0.39, 0.29) is 11.5 Å². The summed E-state index contributed by atoms with van der Waals surface area (Å²) in [6, 6.07) is 14.2. The van der Waals surface area contributed by atoms with Crippen molar-refractivity contribution in [2.24, 2.45) is 0 Å². The molecule has 0 aliphatic carbocycles. The van der Waals surface area contributed by atoms with E-state index >= 15 is 0 Å². The van der Waals surface area contributed by atoms with Gasteiger partial charge in [0.1, 0.15) is 11.5 Å². The highest BCUT2D eigenvalue weighted by atomic mass is 16.3. The largest absolute Gasteiger partial charge is 0.507 e. The van der Waals surface area contributed by atoms with E-state index in [2.05, 4.69) is 0 Å². The molecule has 0 aromatic heterocycles. The minimum absolute atomic E-state index is 0.212.